The molecule has 0 aromatic heterocycles. The van der Waals surface area contributed by atoms with Gasteiger partial charge in [-0.05, 0) is 49.4 Å². The van der Waals surface area contributed by atoms with Crippen LogP contribution < -0.4 is 16.0 Å². The van der Waals surface area contributed by atoms with Crippen LogP contribution in [0.3, 0.4) is 0 Å². The number of piperidine rings is 1. The SMILES string of the molecule is C#CC(CC1CC(C)(C)NC1=O)NC(=O)C1C2C(CN1C(=O)C(NC(=O)C(F)(F)F)C(C)(C)C)C2(C)C. The summed E-state index contributed by atoms with van der Waals surface area (Å²) in [7, 11) is 0. The number of carbonyl (C=O) groups is 4. The second kappa shape index (κ2) is 9.21. The van der Waals surface area contributed by atoms with Gasteiger partial charge < -0.3 is 20.9 Å². The van der Waals surface area contributed by atoms with Crippen LogP contribution in [0.25, 0.3) is 0 Å². The maximum absolute atomic E-state index is 13.6. The van der Waals surface area contributed by atoms with Gasteiger partial charge in [-0.25, -0.2) is 0 Å². The van der Waals surface area contributed by atoms with Crippen LogP contribution in [0.1, 0.15) is 61.3 Å². The lowest BCUT2D eigenvalue weighted by atomic mass is 9.85. The molecular formula is C26H37F3N4O4. The number of nitrogens with zero attached hydrogens (tertiary/aromatic N) is 1. The van der Waals surface area contributed by atoms with Gasteiger partial charge in [-0.15, -0.1) is 6.42 Å². The number of terminal acetylenes is 1. The number of hydrogen-bond donors (Lipinski definition) is 3. The number of halogens is 3. The average Bonchev–Trinajstić information content (AvgIpc) is 3.04. The van der Waals surface area contributed by atoms with Gasteiger partial charge in [-0.2, -0.15) is 13.2 Å². The second-order valence-corrected chi connectivity index (χ2v) is 12.9. The summed E-state index contributed by atoms with van der Waals surface area (Å²) in [5.74, 6) is -1.71. The fourth-order valence-electron chi connectivity index (χ4n) is 5.94. The van der Waals surface area contributed by atoms with Crippen molar-refractivity contribution in [3.05, 3.63) is 0 Å². The smallest absolute Gasteiger partial charge is 0.351 e. The van der Waals surface area contributed by atoms with Gasteiger partial charge in [-0.1, -0.05) is 40.5 Å². The van der Waals surface area contributed by atoms with E-state index in [2.05, 4.69) is 16.6 Å². The van der Waals surface area contributed by atoms with E-state index in [9.17, 15) is 32.3 Å². The summed E-state index contributed by atoms with van der Waals surface area (Å²) >= 11 is 0. The van der Waals surface area contributed by atoms with E-state index < -0.39 is 47.4 Å². The molecule has 3 fully saturated rings. The van der Waals surface area contributed by atoms with Gasteiger partial charge in [0.15, 0.2) is 0 Å². The quantitative estimate of drug-likeness (QED) is 0.460. The van der Waals surface area contributed by atoms with Crippen LogP contribution in [0.15, 0.2) is 0 Å². The molecule has 37 heavy (non-hydrogen) atoms. The summed E-state index contributed by atoms with van der Waals surface area (Å²) in [6.07, 6.45) is 1.30. The number of alkyl halides is 3. The molecule has 0 radical (unpaired) electrons. The standard InChI is InChI=1S/C26H37F3N4O4/c1-9-14(10-13-11-24(5,6)32-19(13)34)30-20(35)17-16-15(25(16,7)8)12-33(17)21(36)18(23(2,3)4)31-22(37)26(27,28)29/h1,13-18H,10-12H2,2-8H3,(H,30,35)(H,31,37)(H,32,34). The highest BCUT2D eigenvalue weighted by Gasteiger charge is 2.70. The van der Waals surface area contributed by atoms with Crippen molar-refractivity contribution >= 4 is 23.6 Å². The Hall–Kier alpha value is -2.77. The van der Waals surface area contributed by atoms with E-state index in [1.807, 2.05) is 33.0 Å². The monoisotopic (exact) mass is 526 g/mol. The molecule has 0 aromatic carbocycles. The molecule has 2 saturated heterocycles. The molecule has 8 nitrogen and oxygen atoms in total. The van der Waals surface area contributed by atoms with Crippen molar-refractivity contribution in [1.29, 1.82) is 0 Å². The van der Waals surface area contributed by atoms with E-state index in [0.29, 0.717) is 6.42 Å². The van der Waals surface area contributed by atoms with Gasteiger partial charge in [0.25, 0.3) is 0 Å². The summed E-state index contributed by atoms with van der Waals surface area (Å²) in [6.45, 7) is 12.6. The molecule has 206 valence electrons. The largest absolute Gasteiger partial charge is 0.471 e. The second-order valence-electron chi connectivity index (χ2n) is 12.9. The highest BCUT2D eigenvalue weighted by Crippen LogP contribution is 2.65. The first-order valence-electron chi connectivity index (χ1n) is 12.5. The molecule has 11 heteroatoms. The molecule has 1 saturated carbocycles. The number of hydrogen-bond acceptors (Lipinski definition) is 4. The Balaban J connectivity index is 1.80. The zero-order valence-corrected chi connectivity index (χ0v) is 22.4. The molecule has 2 aliphatic heterocycles. The van der Waals surface area contributed by atoms with Crippen molar-refractivity contribution in [2.45, 2.75) is 91.1 Å². The zero-order valence-electron chi connectivity index (χ0n) is 22.4. The topological polar surface area (TPSA) is 108 Å². The number of carbonyl (C=O) groups excluding carboxylic acids is 4. The first kappa shape index (κ1) is 28.8. The molecular weight excluding hydrogens is 489 g/mol. The first-order valence-corrected chi connectivity index (χ1v) is 12.5. The predicted molar refractivity (Wildman–Crippen MR) is 129 cm³/mol. The van der Waals surface area contributed by atoms with Crippen LogP contribution >= 0.6 is 0 Å². The van der Waals surface area contributed by atoms with Gasteiger partial charge in [0.1, 0.15) is 12.1 Å². The lowest BCUT2D eigenvalue weighted by Gasteiger charge is -2.38. The van der Waals surface area contributed by atoms with Crippen LogP contribution in [0, 0.1) is 40.9 Å². The summed E-state index contributed by atoms with van der Waals surface area (Å²) in [5, 5.41) is 7.51. The third-order valence-electron chi connectivity index (χ3n) is 8.03. The molecule has 0 spiro atoms. The van der Waals surface area contributed by atoms with E-state index in [0.717, 1.165) is 0 Å². The van der Waals surface area contributed by atoms with Gasteiger partial charge in [-0.3, -0.25) is 19.2 Å². The Morgan fingerprint density at radius 3 is 2.22 bits per heavy atom. The minimum Gasteiger partial charge on any atom is -0.351 e. The molecule has 0 aromatic rings. The summed E-state index contributed by atoms with van der Waals surface area (Å²) in [5.41, 5.74) is -1.68. The maximum Gasteiger partial charge on any atom is 0.471 e. The highest BCUT2D eigenvalue weighted by atomic mass is 19.4. The van der Waals surface area contributed by atoms with Crippen LogP contribution in [-0.2, 0) is 19.2 Å². The van der Waals surface area contributed by atoms with Gasteiger partial charge in [0.2, 0.25) is 17.7 Å². The van der Waals surface area contributed by atoms with Crippen molar-refractivity contribution in [2.24, 2.45) is 28.6 Å². The molecule has 4 amide bonds. The van der Waals surface area contributed by atoms with Gasteiger partial charge in [0.05, 0.1) is 6.04 Å². The van der Waals surface area contributed by atoms with E-state index >= 15 is 0 Å². The summed E-state index contributed by atoms with van der Waals surface area (Å²) in [4.78, 5) is 52.4. The molecule has 3 N–H and O–H groups in total. The number of amides is 4. The minimum absolute atomic E-state index is 0.0168. The van der Waals surface area contributed by atoms with Crippen LogP contribution in [-0.4, -0.2) is 64.9 Å². The Morgan fingerprint density at radius 2 is 1.76 bits per heavy atom. The van der Waals surface area contributed by atoms with E-state index in [4.69, 9.17) is 6.42 Å². The fraction of sp³-hybridized carbons (Fsp3) is 0.769. The molecule has 1 aliphatic carbocycles. The molecule has 6 unspecified atom stereocenters. The molecule has 2 heterocycles. The highest BCUT2D eigenvalue weighted by molar-refractivity contribution is 5.95. The van der Waals surface area contributed by atoms with Gasteiger partial charge in [0, 0.05) is 18.0 Å². The average molecular weight is 527 g/mol. The van der Waals surface area contributed by atoms with Crippen molar-refractivity contribution in [3.63, 3.8) is 0 Å². The number of fused-ring (bicyclic) bond motifs is 1. The van der Waals surface area contributed by atoms with Crippen molar-refractivity contribution in [3.8, 4) is 12.3 Å². The molecule has 3 rings (SSSR count). The van der Waals surface area contributed by atoms with Crippen molar-refractivity contribution in [2.75, 3.05) is 6.54 Å². The normalized spacial score (nSPS) is 29.4. The van der Waals surface area contributed by atoms with Crippen LogP contribution in [0.5, 0.6) is 0 Å². The molecule has 3 aliphatic rings. The fourth-order valence-corrected chi connectivity index (χ4v) is 5.94. The Morgan fingerprint density at radius 1 is 1.16 bits per heavy atom. The van der Waals surface area contributed by atoms with E-state index in [-0.39, 0.29) is 47.6 Å². The van der Waals surface area contributed by atoms with Crippen LogP contribution in [0.4, 0.5) is 13.2 Å². The van der Waals surface area contributed by atoms with E-state index in [1.165, 1.54) is 4.90 Å². The first-order chi connectivity index (χ1) is 16.7. The molecule has 6 atom stereocenters. The van der Waals surface area contributed by atoms with E-state index in [1.54, 1.807) is 20.8 Å². The number of likely N-dealkylation sites (tertiary alicyclic amines) is 1. The Bertz CT molecular complexity index is 1020. The van der Waals surface area contributed by atoms with Crippen molar-refractivity contribution < 1.29 is 32.3 Å². The summed E-state index contributed by atoms with van der Waals surface area (Å²) < 4.78 is 39.0. The molecule has 0 bridgehead atoms. The number of nitrogens with one attached hydrogen (secondary N) is 3. The number of rotatable bonds is 6. The van der Waals surface area contributed by atoms with Crippen LogP contribution in [0.2, 0.25) is 0 Å². The van der Waals surface area contributed by atoms with Gasteiger partial charge >= 0.3 is 12.1 Å². The van der Waals surface area contributed by atoms with Crippen molar-refractivity contribution in [1.82, 2.24) is 20.9 Å². The Kier molecular flexibility index (Phi) is 7.17. The predicted octanol–water partition coefficient (Wildman–Crippen LogP) is 1.99. The lowest BCUT2D eigenvalue weighted by molar-refractivity contribution is -0.176. The lowest BCUT2D eigenvalue weighted by Crippen LogP contribution is -2.61. The Labute approximate surface area is 215 Å². The third-order valence-corrected chi connectivity index (χ3v) is 8.03. The maximum atomic E-state index is 13.6. The third kappa shape index (κ3) is 5.73. The zero-order chi connectivity index (χ0) is 28.3. The minimum atomic E-state index is -5.16. The summed E-state index contributed by atoms with van der Waals surface area (Å²) in [6, 6.07) is -3.21.